The number of rotatable bonds is 6. The first-order valence-electron chi connectivity index (χ1n) is 9.43. The lowest BCUT2D eigenvalue weighted by Gasteiger charge is -2.40. The Bertz CT molecular complexity index is 641. The number of hydrogen-bond acceptors (Lipinski definition) is 4. The van der Waals surface area contributed by atoms with Crippen molar-refractivity contribution < 1.29 is 19.7 Å². The normalized spacial score (nSPS) is 34.0. The van der Waals surface area contributed by atoms with Gasteiger partial charge in [0, 0.05) is 11.0 Å². The molecule has 0 aromatic heterocycles. The molecule has 140 valence electrons. The monoisotopic (exact) mass is 348 g/mol. The van der Waals surface area contributed by atoms with E-state index in [1.165, 1.54) is 0 Å². The second kappa shape index (κ2) is 6.48. The highest BCUT2D eigenvalue weighted by atomic mass is 16.5. The predicted molar refractivity (Wildman–Crippen MR) is 98.3 cm³/mol. The van der Waals surface area contributed by atoms with Crippen LogP contribution in [0, 0.1) is 11.3 Å². The molecule has 3 rings (SSSR count). The summed E-state index contributed by atoms with van der Waals surface area (Å²) in [5.41, 5.74) is 1.50. The van der Waals surface area contributed by atoms with E-state index in [4.69, 9.17) is 9.47 Å². The summed E-state index contributed by atoms with van der Waals surface area (Å²) < 4.78 is 11.7. The zero-order valence-electron chi connectivity index (χ0n) is 16.1. The maximum Gasteiger partial charge on any atom is 0.122 e. The highest BCUT2D eigenvalue weighted by Crippen LogP contribution is 2.59. The van der Waals surface area contributed by atoms with E-state index in [1.807, 2.05) is 12.1 Å². The molecule has 2 fully saturated rings. The summed E-state index contributed by atoms with van der Waals surface area (Å²) in [5.74, 6) is 1.70. The number of aliphatic hydroxyl groups is 1. The number of ether oxygens (including phenoxy) is 2. The van der Waals surface area contributed by atoms with Gasteiger partial charge < -0.3 is 19.7 Å². The fraction of sp³-hybridized carbons (Fsp3) is 0.714. The third kappa shape index (κ3) is 2.93. The van der Waals surface area contributed by atoms with Crippen LogP contribution >= 0.6 is 0 Å². The lowest BCUT2D eigenvalue weighted by Crippen LogP contribution is -2.44. The van der Waals surface area contributed by atoms with Crippen LogP contribution in [-0.2, 0) is 11.2 Å². The van der Waals surface area contributed by atoms with E-state index in [2.05, 4.69) is 27.7 Å². The Balaban J connectivity index is 1.85. The number of methoxy groups -OCH3 is 1. The van der Waals surface area contributed by atoms with Crippen LogP contribution in [0.3, 0.4) is 0 Å². The smallest absolute Gasteiger partial charge is 0.122 e. The maximum absolute atomic E-state index is 10.7. The van der Waals surface area contributed by atoms with Crippen LogP contribution in [0.5, 0.6) is 11.5 Å². The molecule has 0 radical (unpaired) electrons. The van der Waals surface area contributed by atoms with Gasteiger partial charge in [-0.2, -0.15) is 0 Å². The van der Waals surface area contributed by atoms with Crippen LogP contribution in [0.1, 0.15) is 64.0 Å². The number of fused-ring (bicyclic) bond motifs is 2. The summed E-state index contributed by atoms with van der Waals surface area (Å²) in [7, 11) is 1.66. The van der Waals surface area contributed by atoms with E-state index >= 15 is 0 Å². The third-order valence-corrected chi connectivity index (χ3v) is 6.68. The number of aliphatic hydroxyl groups excluding tert-OH is 1. The maximum atomic E-state index is 10.7. The van der Waals surface area contributed by atoms with Gasteiger partial charge in [0.25, 0.3) is 0 Å². The van der Waals surface area contributed by atoms with Crippen molar-refractivity contribution in [2.45, 2.75) is 71.0 Å². The highest BCUT2D eigenvalue weighted by Gasteiger charge is 2.62. The fourth-order valence-electron chi connectivity index (χ4n) is 5.09. The third-order valence-electron chi connectivity index (χ3n) is 6.68. The van der Waals surface area contributed by atoms with Gasteiger partial charge in [-0.25, -0.2) is 0 Å². The van der Waals surface area contributed by atoms with E-state index in [1.54, 1.807) is 7.11 Å². The Morgan fingerprint density at radius 1 is 1.32 bits per heavy atom. The van der Waals surface area contributed by atoms with Gasteiger partial charge in [0.15, 0.2) is 0 Å². The van der Waals surface area contributed by atoms with Crippen molar-refractivity contribution in [3.8, 4) is 11.5 Å². The van der Waals surface area contributed by atoms with Crippen LogP contribution in [0.4, 0.5) is 0 Å². The van der Waals surface area contributed by atoms with Gasteiger partial charge in [-0.05, 0) is 62.1 Å². The molecule has 4 atom stereocenters. The summed E-state index contributed by atoms with van der Waals surface area (Å²) in [5, 5.41) is 20.7. The summed E-state index contributed by atoms with van der Waals surface area (Å²) in [4.78, 5) is 0. The Morgan fingerprint density at radius 2 is 2.04 bits per heavy atom. The second-order valence-electron chi connectivity index (χ2n) is 8.59. The molecule has 2 aliphatic rings. The van der Waals surface area contributed by atoms with Crippen LogP contribution in [0.25, 0.3) is 0 Å². The number of phenols is 1. The van der Waals surface area contributed by atoms with E-state index in [0.717, 1.165) is 42.6 Å². The van der Waals surface area contributed by atoms with Crippen molar-refractivity contribution in [3.05, 3.63) is 23.3 Å². The van der Waals surface area contributed by atoms with Gasteiger partial charge in [0.2, 0.25) is 0 Å². The van der Waals surface area contributed by atoms with E-state index < -0.39 is 0 Å². The molecular weight excluding hydrogens is 316 g/mol. The molecule has 4 heteroatoms. The summed E-state index contributed by atoms with van der Waals surface area (Å²) in [6.45, 7) is 8.64. The molecule has 0 unspecified atom stereocenters. The minimum absolute atomic E-state index is 0.151. The van der Waals surface area contributed by atoms with Gasteiger partial charge in [-0.15, -0.1) is 0 Å². The summed E-state index contributed by atoms with van der Waals surface area (Å²) in [6, 6.07) is 3.86. The first kappa shape index (κ1) is 18.5. The number of aryl methyl sites for hydroxylation is 1. The Labute approximate surface area is 151 Å². The highest BCUT2D eigenvalue weighted by molar-refractivity contribution is 5.48. The zero-order chi connectivity index (χ0) is 18.4. The predicted octanol–water partition coefficient (Wildman–Crippen LogP) is 4.02. The molecule has 25 heavy (non-hydrogen) atoms. The average molecular weight is 348 g/mol. The molecule has 2 saturated heterocycles. The summed E-state index contributed by atoms with van der Waals surface area (Å²) >= 11 is 0. The molecule has 1 aromatic carbocycles. The van der Waals surface area contributed by atoms with Gasteiger partial charge in [-0.3, -0.25) is 0 Å². The van der Waals surface area contributed by atoms with Crippen LogP contribution < -0.4 is 4.74 Å². The molecule has 4 nitrogen and oxygen atoms in total. The van der Waals surface area contributed by atoms with Gasteiger partial charge in [0.1, 0.15) is 11.5 Å². The van der Waals surface area contributed by atoms with Crippen LogP contribution in [0.2, 0.25) is 0 Å². The first-order valence-corrected chi connectivity index (χ1v) is 9.43. The molecule has 2 N–H and O–H groups in total. The minimum Gasteiger partial charge on any atom is -0.507 e. The van der Waals surface area contributed by atoms with E-state index in [-0.39, 0.29) is 35.6 Å². The van der Waals surface area contributed by atoms with Crippen LogP contribution in [-0.4, -0.2) is 35.6 Å². The van der Waals surface area contributed by atoms with Crippen molar-refractivity contribution in [3.63, 3.8) is 0 Å². The van der Waals surface area contributed by atoms with Crippen molar-refractivity contribution in [2.24, 2.45) is 11.3 Å². The molecule has 1 aromatic rings. The van der Waals surface area contributed by atoms with Crippen molar-refractivity contribution in [2.75, 3.05) is 13.7 Å². The quantitative estimate of drug-likeness (QED) is 0.815. The molecule has 0 amide bonds. The topological polar surface area (TPSA) is 58.9 Å². The van der Waals surface area contributed by atoms with E-state index in [0.29, 0.717) is 5.75 Å². The SMILES string of the molecule is COc1cc(CC[C@H]2[C@@](C)(CO)[C@@H]3CC[C@@]2(C)O3)c(O)c(C(C)C)c1. The lowest BCUT2D eigenvalue weighted by atomic mass is 9.62. The lowest BCUT2D eigenvalue weighted by molar-refractivity contribution is 0.00285. The zero-order valence-corrected chi connectivity index (χ0v) is 16.1. The minimum atomic E-state index is -0.192. The molecule has 2 aliphatic heterocycles. The molecule has 0 aliphatic carbocycles. The molecule has 2 heterocycles. The number of hydrogen-bond donors (Lipinski definition) is 2. The van der Waals surface area contributed by atoms with Gasteiger partial charge in [0.05, 0.1) is 25.4 Å². The van der Waals surface area contributed by atoms with Gasteiger partial charge >= 0.3 is 0 Å². The molecule has 0 spiro atoms. The largest absolute Gasteiger partial charge is 0.507 e. The summed E-state index contributed by atoms with van der Waals surface area (Å²) in [6.07, 6.45) is 3.89. The number of phenolic OH excluding ortho intramolecular Hbond substituents is 1. The van der Waals surface area contributed by atoms with Crippen molar-refractivity contribution in [1.82, 2.24) is 0 Å². The molecule has 2 bridgehead atoms. The van der Waals surface area contributed by atoms with E-state index in [9.17, 15) is 10.2 Å². The van der Waals surface area contributed by atoms with Crippen molar-refractivity contribution >= 4 is 0 Å². The Kier molecular flexibility index (Phi) is 4.80. The number of benzene rings is 1. The Hall–Kier alpha value is -1.26. The Morgan fingerprint density at radius 3 is 2.64 bits per heavy atom. The standard InChI is InChI=1S/C21H32O4/c1-13(2)16-11-15(24-5)10-14(19(16)23)6-7-17-20(3,12-22)18-8-9-21(17,4)25-18/h10-11,13,17-18,22-23H,6-9,12H2,1-5H3/t17-,18-,20+,21+/m0/s1. The number of aromatic hydroxyl groups is 1. The van der Waals surface area contributed by atoms with Crippen molar-refractivity contribution in [1.29, 1.82) is 0 Å². The average Bonchev–Trinajstić information content (AvgIpc) is 3.07. The molecule has 0 saturated carbocycles. The van der Waals surface area contributed by atoms with Gasteiger partial charge in [-0.1, -0.05) is 20.8 Å². The first-order chi connectivity index (χ1) is 11.7. The fourth-order valence-corrected chi connectivity index (χ4v) is 5.09. The van der Waals surface area contributed by atoms with Crippen LogP contribution in [0.15, 0.2) is 12.1 Å². The molecular formula is C21H32O4. The second-order valence-corrected chi connectivity index (χ2v) is 8.59.